The molecule has 4 heteroatoms. The van der Waals surface area contributed by atoms with Crippen LogP contribution < -0.4 is 0 Å². The minimum Gasteiger partial charge on any atom is -0.387 e. The van der Waals surface area contributed by atoms with Gasteiger partial charge in [0.05, 0.1) is 21.3 Å². The van der Waals surface area contributed by atoms with Gasteiger partial charge in [-0.2, -0.15) is 0 Å². The second-order valence-electron chi connectivity index (χ2n) is 6.55. The molecule has 0 spiro atoms. The predicted molar refractivity (Wildman–Crippen MR) is 99.4 cm³/mol. The summed E-state index contributed by atoms with van der Waals surface area (Å²) in [4.78, 5) is 7.22. The van der Waals surface area contributed by atoms with Gasteiger partial charge >= 0.3 is 0 Å². The Hall–Kier alpha value is -1.75. The van der Waals surface area contributed by atoms with Crippen LogP contribution in [0.25, 0.3) is 10.2 Å². The summed E-state index contributed by atoms with van der Waals surface area (Å²) in [7, 11) is 0. The molecule has 1 N–H and O–H groups in total. The monoisotopic (exact) mass is 338 g/mol. The predicted octanol–water partition coefficient (Wildman–Crippen LogP) is 4.21. The van der Waals surface area contributed by atoms with Crippen molar-refractivity contribution < 1.29 is 5.11 Å². The van der Waals surface area contributed by atoms with E-state index in [4.69, 9.17) is 4.98 Å². The molecule has 4 rings (SSSR count). The number of piperidine rings is 1. The molecular weight excluding hydrogens is 316 g/mol. The molecule has 0 amide bonds. The lowest BCUT2D eigenvalue weighted by atomic mass is 9.98. The van der Waals surface area contributed by atoms with Crippen molar-refractivity contribution >= 4 is 21.6 Å². The molecule has 1 aromatic heterocycles. The first-order valence-corrected chi connectivity index (χ1v) is 9.42. The lowest BCUT2D eigenvalue weighted by Crippen LogP contribution is -2.37. The molecular formula is C20H22N2OS. The Balaban J connectivity index is 1.45. The Kier molecular flexibility index (Phi) is 4.60. The number of para-hydroxylation sites is 1. The van der Waals surface area contributed by atoms with E-state index in [0.29, 0.717) is 12.5 Å². The molecule has 3 aromatic rings. The lowest BCUT2D eigenvalue weighted by Gasteiger charge is -2.33. The number of rotatable bonds is 4. The molecule has 2 heterocycles. The molecule has 0 saturated carbocycles. The van der Waals surface area contributed by atoms with Gasteiger partial charge in [0.2, 0.25) is 0 Å². The van der Waals surface area contributed by atoms with Crippen molar-refractivity contribution in [3.8, 4) is 0 Å². The molecule has 1 saturated heterocycles. The van der Waals surface area contributed by atoms with Crippen molar-refractivity contribution in [3.05, 3.63) is 65.2 Å². The summed E-state index contributed by atoms with van der Waals surface area (Å²) >= 11 is 1.82. The highest BCUT2D eigenvalue weighted by atomic mass is 32.1. The number of nitrogens with zero attached hydrogens (tertiary/aromatic N) is 2. The van der Waals surface area contributed by atoms with Crippen LogP contribution in [0.4, 0.5) is 0 Å². The molecule has 2 atom stereocenters. The summed E-state index contributed by atoms with van der Waals surface area (Å²) in [5.41, 5.74) is 2.11. The van der Waals surface area contributed by atoms with E-state index in [1.165, 1.54) is 22.5 Å². The van der Waals surface area contributed by atoms with Gasteiger partial charge in [-0.05, 0) is 37.1 Å². The zero-order valence-corrected chi connectivity index (χ0v) is 14.5. The van der Waals surface area contributed by atoms with Crippen molar-refractivity contribution in [3.63, 3.8) is 0 Å². The van der Waals surface area contributed by atoms with Gasteiger partial charge in [0.15, 0.2) is 0 Å². The topological polar surface area (TPSA) is 36.4 Å². The Bertz CT molecular complexity index is 769. The molecule has 0 aliphatic carbocycles. The Morgan fingerprint density at radius 2 is 1.92 bits per heavy atom. The number of likely N-dealkylation sites (tertiary alicyclic amines) is 1. The van der Waals surface area contributed by atoms with E-state index in [-0.39, 0.29) is 0 Å². The Morgan fingerprint density at radius 1 is 1.12 bits per heavy atom. The van der Waals surface area contributed by atoms with Gasteiger partial charge in [0.25, 0.3) is 0 Å². The summed E-state index contributed by atoms with van der Waals surface area (Å²) < 4.78 is 1.27. The van der Waals surface area contributed by atoms with Crippen LogP contribution in [0.1, 0.15) is 35.4 Å². The number of hydrogen-bond acceptors (Lipinski definition) is 4. The summed E-state index contributed by atoms with van der Waals surface area (Å²) in [6.45, 7) is 2.75. The molecule has 1 aliphatic rings. The molecule has 3 nitrogen and oxygen atoms in total. The van der Waals surface area contributed by atoms with Gasteiger partial charge in [-0.25, -0.2) is 4.98 Å². The highest BCUT2D eigenvalue weighted by molar-refractivity contribution is 7.18. The van der Waals surface area contributed by atoms with E-state index in [1.807, 2.05) is 41.7 Å². The molecule has 24 heavy (non-hydrogen) atoms. The lowest BCUT2D eigenvalue weighted by molar-refractivity contribution is 0.0955. The fourth-order valence-electron chi connectivity index (χ4n) is 3.51. The smallest absolute Gasteiger partial charge is 0.0982 e. The number of aliphatic hydroxyl groups excluding tert-OH is 1. The van der Waals surface area contributed by atoms with Crippen LogP contribution in [0.15, 0.2) is 54.6 Å². The molecule has 0 radical (unpaired) electrons. The standard InChI is InChI=1S/C20H22N2OS/c23-18(15-7-2-1-3-8-15)14-22-12-6-9-16(13-22)20-21-17-10-4-5-11-19(17)24-20/h1-5,7-8,10-11,16,18,23H,6,9,12-14H2/t16-,18-/m1/s1. The number of hydrogen-bond donors (Lipinski definition) is 1. The molecule has 2 aromatic carbocycles. The van der Waals surface area contributed by atoms with E-state index in [1.54, 1.807) is 0 Å². The van der Waals surface area contributed by atoms with Crippen LogP contribution >= 0.6 is 11.3 Å². The van der Waals surface area contributed by atoms with Crippen LogP contribution in [0.3, 0.4) is 0 Å². The van der Waals surface area contributed by atoms with Crippen molar-refractivity contribution in [2.24, 2.45) is 0 Å². The summed E-state index contributed by atoms with van der Waals surface area (Å²) in [5, 5.41) is 11.7. The summed E-state index contributed by atoms with van der Waals surface area (Å²) in [5.74, 6) is 0.485. The first kappa shape index (κ1) is 15.8. The molecule has 1 aliphatic heterocycles. The zero-order chi connectivity index (χ0) is 16.4. The quantitative estimate of drug-likeness (QED) is 0.774. The molecule has 0 bridgehead atoms. The van der Waals surface area contributed by atoms with Gasteiger partial charge < -0.3 is 5.11 Å². The largest absolute Gasteiger partial charge is 0.387 e. The highest BCUT2D eigenvalue weighted by Gasteiger charge is 2.25. The normalized spacial score (nSPS) is 20.3. The number of thiazole rings is 1. The second-order valence-corrected chi connectivity index (χ2v) is 7.61. The number of aromatic nitrogens is 1. The second kappa shape index (κ2) is 7.01. The van der Waals surface area contributed by atoms with Crippen LogP contribution in [0.2, 0.25) is 0 Å². The fraction of sp³-hybridized carbons (Fsp3) is 0.350. The maximum atomic E-state index is 10.5. The minimum absolute atomic E-state index is 0.416. The number of aliphatic hydroxyl groups is 1. The van der Waals surface area contributed by atoms with Gasteiger partial charge in [0, 0.05) is 19.0 Å². The molecule has 124 valence electrons. The number of β-amino-alcohol motifs (C(OH)–C–C–N with tert-alkyl or cyclic N) is 1. The van der Waals surface area contributed by atoms with E-state index >= 15 is 0 Å². The average Bonchev–Trinajstić information content (AvgIpc) is 3.07. The first-order valence-electron chi connectivity index (χ1n) is 8.60. The van der Waals surface area contributed by atoms with E-state index in [9.17, 15) is 5.11 Å². The third-order valence-electron chi connectivity index (χ3n) is 4.78. The van der Waals surface area contributed by atoms with Crippen LogP contribution in [-0.4, -0.2) is 34.6 Å². The van der Waals surface area contributed by atoms with Crippen LogP contribution in [-0.2, 0) is 0 Å². The highest BCUT2D eigenvalue weighted by Crippen LogP contribution is 2.33. The van der Waals surface area contributed by atoms with Crippen molar-refractivity contribution in [1.82, 2.24) is 9.88 Å². The van der Waals surface area contributed by atoms with Gasteiger partial charge in [-0.15, -0.1) is 11.3 Å². The van der Waals surface area contributed by atoms with E-state index in [2.05, 4.69) is 29.2 Å². The van der Waals surface area contributed by atoms with Crippen molar-refractivity contribution in [2.75, 3.05) is 19.6 Å². The van der Waals surface area contributed by atoms with Crippen LogP contribution in [0, 0.1) is 0 Å². The Labute approximate surface area is 146 Å². The number of fused-ring (bicyclic) bond motifs is 1. The number of benzene rings is 2. The molecule has 0 unspecified atom stereocenters. The van der Waals surface area contributed by atoms with E-state index in [0.717, 1.165) is 24.2 Å². The first-order chi connectivity index (χ1) is 11.8. The summed E-state index contributed by atoms with van der Waals surface area (Å²) in [6, 6.07) is 18.3. The Morgan fingerprint density at radius 3 is 2.75 bits per heavy atom. The van der Waals surface area contributed by atoms with E-state index < -0.39 is 6.10 Å². The average molecular weight is 338 g/mol. The SMILES string of the molecule is O[C@H](CN1CCC[C@@H](c2nc3ccccc3s2)C1)c1ccccc1. The maximum Gasteiger partial charge on any atom is 0.0982 e. The van der Waals surface area contributed by atoms with Crippen molar-refractivity contribution in [2.45, 2.75) is 24.9 Å². The minimum atomic E-state index is -0.416. The van der Waals surface area contributed by atoms with Gasteiger partial charge in [0.1, 0.15) is 0 Å². The summed E-state index contributed by atoms with van der Waals surface area (Å²) in [6.07, 6.45) is 1.94. The third kappa shape index (κ3) is 3.36. The van der Waals surface area contributed by atoms with Gasteiger partial charge in [-0.3, -0.25) is 4.90 Å². The maximum absolute atomic E-state index is 10.5. The van der Waals surface area contributed by atoms with Gasteiger partial charge in [-0.1, -0.05) is 42.5 Å². The zero-order valence-electron chi connectivity index (χ0n) is 13.6. The molecule has 1 fully saturated rings. The third-order valence-corrected chi connectivity index (χ3v) is 5.98. The van der Waals surface area contributed by atoms with Crippen LogP contribution in [0.5, 0.6) is 0 Å². The van der Waals surface area contributed by atoms with Crippen molar-refractivity contribution in [1.29, 1.82) is 0 Å². The fourth-order valence-corrected chi connectivity index (χ4v) is 4.61.